The van der Waals surface area contributed by atoms with Crippen LogP contribution in [-0.4, -0.2) is 31.4 Å². The molecule has 0 aromatic heterocycles. The van der Waals surface area contributed by atoms with Gasteiger partial charge in [0.15, 0.2) is 11.5 Å². The number of hydrogen-bond acceptors (Lipinski definition) is 4. The molecule has 1 aromatic rings. The molecule has 0 aliphatic rings. The van der Waals surface area contributed by atoms with Crippen LogP contribution in [0, 0.1) is 0 Å². The number of rotatable bonds is 3. The van der Waals surface area contributed by atoms with E-state index in [2.05, 4.69) is 0 Å². The minimum Gasteiger partial charge on any atom is -0.493 e. The van der Waals surface area contributed by atoms with Gasteiger partial charge in [-0.05, 0) is 17.6 Å². The molecule has 0 spiro atoms. The van der Waals surface area contributed by atoms with E-state index < -0.39 is 7.12 Å². The Hall–Kier alpha value is -1.20. The third kappa shape index (κ3) is 3.81. The summed E-state index contributed by atoms with van der Waals surface area (Å²) in [4.78, 5) is 0. The van der Waals surface area contributed by atoms with Gasteiger partial charge in [-0.2, -0.15) is 0 Å². The zero-order valence-corrected chi connectivity index (χ0v) is 9.52. The van der Waals surface area contributed by atoms with Crippen LogP contribution in [0.15, 0.2) is 18.2 Å². The average Bonchev–Trinajstić information content (AvgIpc) is 2.30. The van der Waals surface area contributed by atoms with Gasteiger partial charge in [0, 0.05) is 0 Å². The van der Waals surface area contributed by atoms with Gasteiger partial charge in [-0.15, -0.1) is 0 Å². The molecule has 0 saturated carbocycles. The molecule has 1 aromatic carbocycles. The molecule has 0 saturated heterocycles. The second kappa shape index (κ2) is 7.14. The van der Waals surface area contributed by atoms with Gasteiger partial charge >= 0.3 is 7.12 Å². The van der Waals surface area contributed by atoms with Crippen LogP contribution in [0.3, 0.4) is 0 Å². The van der Waals surface area contributed by atoms with Crippen molar-refractivity contribution in [2.45, 2.75) is 13.8 Å². The number of benzene rings is 1. The molecule has 0 radical (unpaired) electrons. The fourth-order valence-electron chi connectivity index (χ4n) is 1.01. The van der Waals surface area contributed by atoms with Crippen LogP contribution in [-0.2, 0) is 0 Å². The van der Waals surface area contributed by atoms with Gasteiger partial charge in [0.1, 0.15) is 0 Å². The Labute approximate surface area is 90.6 Å². The van der Waals surface area contributed by atoms with Crippen molar-refractivity contribution < 1.29 is 19.5 Å². The normalized spacial score (nSPS) is 8.67. The standard InChI is InChI=1S/C8H11BO4.C2H6/c1-12-7-4-3-6(9(10)11)5-8(7)13-2;1-2/h3-5,10-11H,1-2H3;1-2H3. The lowest BCUT2D eigenvalue weighted by Gasteiger charge is -2.08. The van der Waals surface area contributed by atoms with E-state index in [9.17, 15) is 0 Å². The second-order valence-electron chi connectivity index (χ2n) is 2.49. The Morgan fingerprint density at radius 1 is 1.00 bits per heavy atom. The van der Waals surface area contributed by atoms with Crippen molar-refractivity contribution in [1.82, 2.24) is 0 Å². The van der Waals surface area contributed by atoms with Crippen molar-refractivity contribution in [2.24, 2.45) is 0 Å². The zero-order valence-electron chi connectivity index (χ0n) is 9.52. The fourth-order valence-corrected chi connectivity index (χ4v) is 1.01. The van der Waals surface area contributed by atoms with Crippen molar-refractivity contribution in [2.75, 3.05) is 14.2 Å². The summed E-state index contributed by atoms with van der Waals surface area (Å²) in [5.41, 5.74) is 0.373. The first kappa shape index (κ1) is 13.8. The van der Waals surface area contributed by atoms with E-state index in [1.807, 2.05) is 13.8 Å². The molecule has 0 fully saturated rings. The lowest BCUT2D eigenvalue weighted by Crippen LogP contribution is -2.29. The summed E-state index contributed by atoms with van der Waals surface area (Å²) in [5.74, 6) is 1.04. The Bertz CT molecular complexity index is 289. The van der Waals surface area contributed by atoms with Crippen molar-refractivity contribution in [3.05, 3.63) is 18.2 Å². The molecular weight excluding hydrogens is 195 g/mol. The molecule has 0 amide bonds. The molecule has 2 N–H and O–H groups in total. The summed E-state index contributed by atoms with van der Waals surface area (Å²) in [6.07, 6.45) is 0. The third-order valence-corrected chi connectivity index (χ3v) is 1.71. The molecule has 0 unspecified atom stereocenters. The third-order valence-electron chi connectivity index (χ3n) is 1.71. The summed E-state index contributed by atoms with van der Waals surface area (Å²) >= 11 is 0. The minimum atomic E-state index is -1.49. The van der Waals surface area contributed by atoms with Crippen LogP contribution in [0.5, 0.6) is 11.5 Å². The molecule has 0 atom stereocenters. The molecule has 15 heavy (non-hydrogen) atoms. The molecule has 5 heteroatoms. The van der Waals surface area contributed by atoms with E-state index in [1.54, 1.807) is 12.1 Å². The maximum Gasteiger partial charge on any atom is 0.488 e. The first-order chi connectivity index (χ1) is 7.19. The van der Waals surface area contributed by atoms with E-state index in [0.29, 0.717) is 17.0 Å². The first-order valence-corrected chi connectivity index (χ1v) is 4.77. The fraction of sp³-hybridized carbons (Fsp3) is 0.400. The van der Waals surface area contributed by atoms with Gasteiger partial charge in [0.25, 0.3) is 0 Å². The zero-order chi connectivity index (χ0) is 11.8. The van der Waals surface area contributed by atoms with Crippen LogP contribution in [0.1, 0.15) is 13.8 Å². The van der Waals surface area contributed by atoms with Crippen molar-refractivity contribution in [3.8, 4) is 11.5 Å². The Morgan fingerprint density at radius 2 is 1.53 bits per heavy atom. The smallest absolute Gasteiger partial charge is 0.488 e. The highest BCUT2D eigenvalue weighted by molar-refractivity contribution is 6.58. The van der Waals surface area contributed by atoms with Gasteiger partial charge in [0.2, 0.25) is 0 Å². The molecule has 0 bridgehead atoms. The van der Waals surface area contributed by atoms with Gasteiger partial charge in [-0.25, -0.2) is 0 Å². The SMILES string of the molecule is CC.COc1ccc(B(O)O)cc1OC. The highest BCUT2D eigenvalue weighted by atomic mass is 16.5. The maximum atomic E-state index is 8.87. The largest absolute Gasteiger partial charge is 0.493 e. The molecule has 1 rings (SSSR count). The minimum absolute atomic E-state index is 0.373. The van der Waals surface area contributed by atoms with Gasteiger partial charge in [-0.1, -0.05) is 19.9 Å². The van der Waals surface area contributed by atoms with Crippen LogP contribution < -0.4 is 14.9 Å². The maximum absolute atomic E-state index is 8.87. The van der Waals surface area contributed by atoms with E-state index >= 15 is 0 Å². The lowest BCUT2D eigenvalue weighted by molar-refractivity contribution is 0.355. The van der Waals surface area contributed by atoms with E-state index in [0.717, 1.165) is 0 Å². The Balaban J connectivity index is 0.000000921. The van der Waals surface area contributed by atoms with Gasteiger partial charge < -0.3 is 19.5 Å². The quantitative estimate of drug-likeness (QED) is 0.712. The van der Waals surface area contributed by atoms with Gasteiger partial charge in [0.05, 0.1) is 14.2 Å². The van der Waals surface area contributed by atoms with Crippen LogP contribution >= 0.6 is 0 Å². The van der Waals surface area contributed by atoms with Crippen LogP contribution in [0.2, 0.25) is 0 Å². The predicted octanol–water partition coefficient (Wildman–Crippen LogP) is 0.410. The summed E-state index contributed by atoms with van der Waals surface area (Å²) in [6, 6.07) is 4.70. The summed E-state index contributed by atoms with van der Waals surface area (Å²) < 4.78 is 9.96. The van der Waals surface area contributed by atoms with Crippen molar-refractivity contribution in [3.63, 3.8) is 0 Å². The lowest BCUT2D eigenvalue weighted by atomic mass is 9.80. The molecular formula is C10H17BO4. The van der Waals surface area contributed by atoms with E-state index in [-0.39, 0.29) is 0 Å². The molecule has 0 aliphatic carbocycles. The van der Waals surface area contributed by atoms with E-state index in [4.69, 9.17) is 19.5 Å². The Kier molecular flexibility index (Phi) is 6.57. The first-order valence-electron chi connectivity index (χ1n) is 4.77. The van der Waals surface area contributed by atoms with Crippen LogP contribution in [0.4, 0.5) is 0 Å². The summed E-state index contributed by atoms with van der Waals surface area (Å²) in [5, 5.41) is 17.7. The monoisotopic (exact) mass is 212 g/mol. The molecule has 0 heterocycles. The number of ether oxygens (including phenoxy) is 2. The topological polar surface area (TPSA) is 58.9 Å². The number of methoxy groups -OCH3 is 2. The van der Waals surface area contributed by atoms with E-state index in [1.165, 1.54) is 20.3 Å². The Morgan fingerprint density at radius 3 is 1.93 bits per heavy atom. The summed E-state index contributed by atoms with van der Waals surface area (Å²) in [6.45, 7) is 4.00. The summed E-state index contributed by atoms with van der Waals surface area (Å²) in [7, 11) is 1.53. The van der Waals surface area contributed by atoms with Crippen LogP contribution in [0.25, 0.3) is 0 Å². The molecule has 84 valence electrons. The van der Waals surface area contributed by atoms with Crippen molar-refractivity contribution >= 4 is 12.6 Å². The predicted molar refractivity (Wildman–Crippen MR) is 60.7 cm³/mol. The average molecular weight is 212 g/mol. The highest BCUT2D eigenvalue weighted by Gasteiger charge is 2.13. The van der Waals surface area contributed by atoms with Gasteiger partial charge in [-0.3, -0.25) is 0 Å². The highest BCUT2D eigenvalue weighted by Crippen LogP contribution is 2.24. The second-order valence-corrected chi connectivity index (χ2v) is 2.49. The number of hydrogen-bond donors (Lipinski definition) is 2. The molecule has 0 aliphatic heterocycles. The molecule has 4 nitrogen and oxygen atoms in total. The van der Waals surface area contributed by atoms with Crippen molar-refractivity contribution in [1.29, 1.82) is 0 Å².